The van der Waals surface area contributed by atoms with Crippen LogP contribution in [0.15, 0.2) is 70.6 Å². The summed E-state index contributed by atoms with van der Waals surface area (Å²) in [5, 5.41) is 6.17. The van der Waals surface area contributed by atoms with Crippen molar-refractivity contribution in [2.75, 3.05) is 0 Å². The Morgan fingerprint density at radius 2 is 1.08 bits per heavy atom. The second-order valence-electron chi connectivity index (χ2n) is 6.37. The van der Waals surface area contributed by atoms with Gasteiger partial charge in [-0.25, -0.2) is 0 Å². The highest BCUT2D eigenvalue weighted by Gasteiger charge is 2.32. The quantitative estimate of drug-likeness (QED) is 0.808. The molecule has 0 fully saturated rings. The van der Waals surface area contributed by atoms with Crippen molar-refractivity contribution in [3.8, 4) is 0 Å². The highest BCUT2D eigenvalue weighted by atomic mass is 32.2. The van der Waals surface area contributed by atoms with E-state index in [0.29, 0.717) is 10.5 Å². The van der Waals surface area contributed by atoms with E-state index in [-0.39, 0.29) is 12.1 Å². The molecule has 2 aromatic rings. The Morgan fingerprint density at radius 1 is 0.680 bits per heavy atom. The smallest absolute Gasteiger partial charge is 0.163 e. The third-order valence-corrected chi connectivity index (χ3v) is 7.17. The maximum atomic E-state index is 4.81. The van der Waals surface area contributed by atoms with Gasteiger partial charge >= 0.3 is 0 Å². The zero-order valence-electron chi connectivity index (χ0n) is 14.3. The molecule has 0 saturated carbocycles. The van der Waals surface area contributed by atoms with Gasteiger partial charge in [-0.3, -0.25) is 9.98 Å². The van der Waals surface area contributed by atoms with E-state index in [1.54, 1.807) is 23.5 Å². The van der Waals surface area contributed by atoms with Crippen molar-refractivity contribution in [2.45, 2.75) is 36.4 Å². The number of benzene rings is 2. The van der Waals surface area contributed by atoms with Gasteiger partial charge in [-0.1, -0.05) is 84.2 Å². The molecule has 0 spiro atoms. The molecule has 4 atom stereocenters. The van der Waals surface area contributed by atoms with Gasteiger partial charge in [0, 0.05) is 0 Å². The second-order valence-corrected chi connectivity index (χ2v) is 8.63. The fourth-order valence-electron chi connectivity index (χ4n) is 3.20. The molecule has 0 saturated heterocycles. The van der Waals surface area contributed by atoms with Crippen LogP contribution in [-0.2, 0) is 0 Å². The molecule has 5 heteroatoms. The minimum Gasteiger partial charge on any atom is -0.314 e. The van der Waals surface area contributed by atoms with E-state index in [0.717, 1.165) is 10.3 Å². The Bertz CT molecular complexity index is 722. The number of thioether (sulfide) groups is 2. The van der Waals surface area contributed by atoms with E-state index in [2.05, 4.69) is 79.8 Å². The van der Waals surface area contributed by atoms with Crippen LogP contribution >= 0.6 is 23.5 Å². The van der Waals surface area contributed by atoms with Crippen molar-refractivity contribution in [3.05, 3.63) is 71.8 Å². The maximum absolute atomic E-state index is 4.81. The summed E-state index contributed by atoms with van der Waals surface area (Å²) in [6.45, 7) is 4.36. The molecule has 3 nitrogen and oxygen atoms in total. The predicted octanol–water partition coefficient (Wildman–Crippen LogP) is 5.04. The first-order valence-electron chi connectivity index (χ1n) is 8.56. The Balaban J connectivity index is 1.42. The average molecular weight is 368 g/mol. The van der Waals surface area contributed by atoms with Gasteiger partial charge in [0.05, 0.1) is 22.6 Å². The molecule has 2 aliphatic heterocycles. The van der Waals surface area contributed by atoms with Crippen LogP contribution in [0.3, 0.4) is 0 Å². The second kappa shape index (κ2) is 7.26. The fraction of sp³-hybridized carbons (Fsp3) is 0.300. The maximum Gasteiger partial charge on any atom is 0.163 e. The van der Waals surface area contributed by atoms with E-state index < -0.39 is 0 Å². The number of nitrogens with one attached hydrogen (secondary N) is 1. The van der Waals surface area contributed by atoms with E-state index in [4.69, 9.17) is 9.98 Å². The van der Waals surface area contributed by atoms with Gasteiger partial charge in [0.2, 0.25) is 0 Å². The molecule has 128 valence electrons. The Hall–Kier alpha value is -1.72. The van der Waals surface area contributed by atoms with Gasteiger partial charge in [0.25, 0.3) is 0 Å². The van der Waals surface area contributed by atoms with Gasteiger partial charge < -0.3 is 5.32 Å². The van der Waals surface area contributed by atoms with Crippen LogP contribution in [0.2, 0.25) is 0 Å². The lowest BCUT2D eigenvalue weighted by Gasteiger charge is -2.13. The topological polar surface area (TPSA) is 36.8 Å². The molecule has 0 bridgehead atoms. The summed E-state index contributed by atoms with van der Waals surface area (Å²) in [6.07, 6.45) is 0. The number of hydrogen-bond acceptors (Lipinski definition) is 5. The van der Waals surface area contributed by atoms with Crippen LogP contribution in [0.25, 0.3) is 0 Å². The SMILES string of the molecule is C[C@H]1N=C(NC2=N[C@H](C)[C@@H](c3ccccc3)S2)S[C@@H]1c1ccccc1. The summed E-state index contributed by atoms with van der Waals surface area (Å²) in [5.74, 6) is 0. The van der Waals surface area contributed by atoms with Crippen LogP contribution in [0, 0.1) is 0 Å². The van der Waals surface area contributed by atoms with Crippen LogP contribution in [0.1, 0.15) is 35.5 Å². The first kappa shape index (κ1) is 16.7. The largest absolute Gasteiger partial charge is 0.314 e. The van der Waals surface area contributed by atoms with Gasteiger partial charge in [-0.15, -0.1) is 0 Å². The number of rotatable bonds is 2. The van der Waals surface area contributed by atoms with Crippen LogP contribution in [0.4, 0.5) is 0 Å². The van der Waals surface area contributed by atoms with Crippen molar-refractivity contribution in [1.82, 2.24) is 5.32 Å². The molecule has 0 radical (unpaired) electrons. The van der Waals surface area contributed by atoms with Gasteiger partial charge in [-0.2, -0.15) is 0 Å². The lowest BCUT2D eigenvalue weighted by atomic mass is 10.1. The Kier molecular flexibility index (Phi) is 4.86. The summed E-state index contributed by atoms with van der Waals surface area (Å²) in [6, 6.07) is 21.8. The van der Waals surface area contributed by atoms with Crippen LogP contribution < -0.4 is 5.32 Å². The highest BCUT2D eigenvalue weighted by Crippen LogP contribution is 2.42. The molecule has 0 aliphatic carbocycles. The van der Waals surface area contributed by atoms with E-state index in [1.807, 2.05) is 0 Å². The molecular weight excluding hydrogens is 346 g/mol. The molecule has 2 heterocycles. The van der Waals surface area contributed by atoms with Crippen molar-refractivity contribution < 1.29 is 0 Å². The summed E-state index contributed by atoms with van der Waals surface area (Å²) in [4.78, 5) is 9.61. The monoisotopic (exact) mass is 367 g/mol. The van der Waals surface area contributed by atoms with Crippen LogP contribution in [0.5, 0.6) is 0 Å². The summed E-state index contributed by atoms with van der Waals surface area (Å²) in [7, 11) is 0. The first-order valence-corrected chi connectivity index (χ1v) is 10.3. The lowest BCUT2D eigenvalue weighted by molar-refractivity contribution is 0.736. The van der Waals surface area contributed by atoms with E-state index >= 15 is 0 Å². The van der Waals surface area contributed by atoms with Gasteiger partial charge in [0.15, 0.2) is 10.3 Å². The standard InChI is InChI=1S/C20H21N3S2/c1-13-17(15-9-5-3-6-10-15)24-19(21-13)23-20-22-14(2)18(25-20)16-11-7-4-8-12-16/h3-14,17-18H,1-2H3,(H,21,22,23)/t13-,14-,17+,18+/m1/s1. The number of aliphatic imine (C=N–C) groups is 2. The van der Waals surface area contributed by atoms with Crippen LogP contribution in [-0.4, -0.2) is 22.4 Å². The molecule has 0 aromatic heterocycles. The average Bonchev–Trinajstić information content (AvgIpc) is 3.19. The number of amidine groups is 2. The normalized spacial score (nSPS) is 28.6. The number of hydrogen-bond donors (Lipinski definition) is 1. The molecule has 2 aromatic carbocycles. The third-order valence-electron chi connectivity index (χ3n) is 4.47. The summed E-state index contributed by atoms with van der Waals surface area (Å²) >= 11 is 3.60. The molecule has 4 rings (SSSR count). The van der Waals surface area contributed by atoms with E-state index in [1.165, 1.54) is 11.1 Å². The fourth-order valence-corrected chi connectivity index (χ4v) is 5.61. The molecular formula is C20H21N3S2. The van der Waals surface area contributed by atoms with Crippen molar-refractivity contribution >= 4 is 33.9 Å². The molecule has 25 heavy (non-hydrogen) atoms. The van der Waals surface area contributed by atoms with Gasteiger partial charge in [0.1, 0.15) is 0 Å². The summed E-state index contributed by atoms with van der Waals surface area (Å²) in [5.41, 5.74) is 2.66. The van der Waals surface area contributed by atoms with Crippen molar-refractivity contribution in [1.29, 1.82) is 0 Å². The molecule has 2 aliphatic rings. The van der Waals surface area contributed by atoms with Crippen molar-refractivity contribution in [3.63, 3.8) is 0 Å². The zero-order chi connectivity index (χ0) is 17.2. The summed E-state index contributed by atoms with van der Waals surface area (Å²) < 4.78 is 0. The minimum atomic E-state index is 0.268. The van der Waals surface area contributed by atoms with E-state index in [9.17, 15) is 0 Å². The number of nitrogens with zero attached hydrogens (tertiary/aromatic N) is 2. The zero-order valence-corrected chi connectivity index (χ0v) is 15.9. The first-order chi connectivity index (χ1) is 12.2. The lowest BCUT2D eigenvalue weighted by Crippen LogP contribution is -2.23. The minimum absolute atomic E-state index is 0.268. The van der Waals surface area contributed by atoms with Crippen molar-refractivity contribution in [2.24, 2.45) is 9.98 Å². The Labute approximate surface area is 157 Å². The molecule has 0 amide bonds. The Morgan fingerprint density at radius 3 is 1.48 bits per heavy atom. The highest BCUT2D eigenvalue weighted by molar-refractivity contribution is 8.16. The molecule has 1 N–H and O–H groups in total. The van der Waals surface area contributed by atoms with Gasteiger partial charge in [-0.05, 0) is 25.0 Å². The predicted molar refractivity (Wildman–Crippen MR) is 110 cm³/mol. The third kappa shape index (κ3) is 3.62. The molecule has 0 unspecified atom stereocenters.